The van der Waals surface area contributed by atoms with Crippen molar-refractivity contribution in [3.05, 3.63) is 82.2 Å². The lowest BCUT2D eigenvalue weighted by Gasteiger charge is -2.35. The first-order valence-corrected chi connectivity index (χ1v) is 10.2. The summed E-state index contributed by atoms with van der Waals surface area (Å²) in [5.74, 6) is -0.0853. The maximum absolute atomic E-state index is 13.0. The van der Waals surface area contributed by atoms with E-state index in [1.165, 1.54) is 6.26 Å². The van der Waals surface area contributed by atoms with E-state index in [9.17, 15) is 9.59 Å². The molecule has 1 aliphatic rings. The number of urea groups is 1. The summed E-state index contributed by atoms with van der Waals surface area (Å²) >= 11 is 12.1. The van der Waals surface area contributed by atoms with Crippen LogP contribution in [0, 0.1) is 0 Å². The number of benzene rings is 2. The summed E-state index contributed by atoms with van der Waals surface area (Å²) in [5, 5.41) is 3.73. The van der Waals surface area contributed by atoms with Crippen molar-refractivity contribution >= 4 is 46.5 Å². The van der Waals surface area contributed by atoms with Gasteiger partial charge in [-0.2, -0.15) is 0 Å². The molecule has 0 aliphatic carbocycles. The summed E-state index contributed by atoms with van der Waals surface area (Å²) in [6.45, 7) is 1.77. The Morgan fingerprint density at radius 2 is 1.83 bits per heavy atom. The van der Waals surface area contributed by atoms with Crippen LogP contribution in [0.15, 0.2) is 65.3 Å². The van der Waals surface area contributed by atoms with Gasteiger partial charge in [0.05, 0.1) is 16.3 Å². The first-order valence-electron chi connectivity index (χ1n) is 9.46. The lowest BCUT2D eigenvalue weighted by molar-refractivity contribution is 0.0996. The molecule has 4 rings (SSSR count). The minimum absolute atomic E-state index is 0.0697. The molecule has 0 atom stereocenters. The number of furan rings is 1. The van der Waals surface area contributed by atoms with Crippen LogP contribution in [-0.2, 0) is 6.54 Å². The summed E-state index contributed by atoms with van der Waals surface area (Å²) in [6, 6.07) is 15.7. The van der Waals surface area contributed by atoms with Gasteiger partial charge >= 0.3 is 6.03 Å². The van der Waals surface area contributed by atoms with E-state index in [2.05, 4.69) is 5.32 Å². The molecule has 2 heterocycles. The Labute approximate surface area is 184 Å². The van der Waals surface area contributed by atoms with Crippen LogP contribution in [-0.4, -0.2) is 29.9 Å². The quantitative estimate of drug-likeness (QED) is 0.552. The molecule has 2 aromatic carbocycles. The summed E-state index contributed by atoms with van der Waals surface area (Å²) in [4.78, 5) is 28.6. The SMILES string of the molecule is O=C(Nc1ccc(N2CCCN(Cc3ccc(Cl)c(Cl)c3)C2=O)cc1)c1ccco1. The van der Waals surface area contributed by atoms with Crippen molar-refractivity contribution in [3.8, 4) is 0 Å². The van der Waals surface area contributed by atoms with Crippen molar-refractivity contribution < 1.29 is 14.0 Å². The van der Waals surface area contributed by atoms with E-state index in [0.717, 1.165) is 17.7 Å². The molecule has 0 saturated carbocycles. The van der Waals surface area contributed by atoms with Crippen LogP contribution < -0.4 is 10.2 Å². The molecule has 1 aliphatic heterocycles. The number of amides is 3. The lowest BCUT2D eigenvalue weighted by atomic mass is 10.1. The maximum Gasteiger partial charge on any atom is 0.324 e. The number of hydrogen-bond donors (Lipinski definition) is 1. The van der Waals surface area contributed by atoms with E-state index in [1.54, 1.807) is 46.2 Å². The van der Waals surface area contributed by atoms with Gasteiger partial charge in [0.25, 0.3) is 5.91 Å². The van der Waals surface area contributed by atoms with Crippen LogP contribution in [0.25, 0.3) is 0 Å². The first kappa shape index (κ1) is 20.3. The molecule has 0 spiro atoms. The fourth-order valence-corrected chi connectivity index (χ4v) is 3.67. The minimum atomic E-state index is -0.324. The highest BCUT2D eigenvalue weighted by molar-refractivity contribution is 6.42. The zero-order valence-electron chi connectivity index (χ0n) is 16.0. The van der Waals surface area contributed by atoms with Crippen molar-refractivity contribution in [1.29, 1.82) is 0 Å². The number of carbonyl (C=O) groups is 2. The van der Waals surface area contributed by atoms with Crippen LogP contribution in [0.1, 0.15) is 22.5 Å². The third-order valence-electron chi connectivity index (χ3n) is 4.85. The molecule has 1 N–H and O–H groups in total. The average molecular weight is 444 g/mol. The van der Waals surface area contributed by atoms with E-state index < -0.39 is 0 Å². The molecule has 3 aromatic rings. The fraction of sp³-hybridized carbons (Fsp3) is 0.182. The smallest absolute Gasteiger partial charge is 0.324 e. The van der Waals surface area contributed by atoms with Gasteiger partial charge in [0.2, 0.25) is 0 Å². The highest BCUT2D eigenvalue weighted by Crippen LogP contribution is 2.26. The molecule has 3 amide bonds. The van der Waals surface area contributed by atoms with Gasteiger partial charge in [-0.1, -0.05) is 29.3 Å². The minimum Gasteiger partial charge on any atom is -0.459 e. The Balaban J connectivity index is 1.43. The number of anilines is 2. The molecule has 0 bridgehead atoms. The van der Waals surface area contributed by atoms with E-state index in [-0.39, 0.29) is 17.7 Å². The third-order valence-corrected chi connectivity index (χ3v) is 5.59. The van der Waals surface area contributed by atoms with Crippen LogP contribution in [0.4, 0.5) is 16.2 Å². The molecule has 1 saturated heterocycles. The second-order valence-corrected chi connectivity index (χ2v) is 7.75. The normalized spacial score (nSPS) is 14.1. The van der Waals surface area contributed by atoms with Gasteiger partial charge in [-0.05, 0) is 60.5 Å². The van der Waals surface area contributed by atoms with Crippen molar-refractivity contribution in [2.45, 2.75) is 13.0 Å². The highest BCUT2D eigenvalue weighted by atomic mass is 35.5. The molecular weight excluding hydrogens is 425 g/mol. The van der Waals surface area contributed by atoms with Crippen LogP contribution in [0.3, 0.4) is 0 Å². The van der Waals surface area contributed by atoms with Gasteiger partial charge in [0.15, 0.2) is 5.76 Å². The van der Waals surface area contributed by atoms with Crippen molar-refractivity contribution in [1.82, 2.24) is 4.90 Å². The Bertz CT molecular complexity index is 1050. The third kappa shape index (κ3) is 4.45. The van der Waals surface area contributed by atoms with Gasteiger partial charge in [0.1, 0.15) is 0 Å². The van der Waals surface area contributed by atoms with E-state index >= 15 is 0 Å². The number of rotatable bonds is 5. The number of carbonyl (C=O) groups excluding carboxylic acids is 2. The second kappa shape index (κ2) is 8.81. The molecule has 30 heavy (non-hydrogen) atoms. The number of hydrogen-bond acceptors (Lipinski definition) is 3. The average Bonchev–Trinajstić information content (AvgIpc) is 3.28. The van der Waals surface area contributed by atoms with Crippen molar-refractivity contribution in [2.75, 3.05) is 23.3 Å². The first-order chi connectivity index (χ1) is 14.5. The molecular formula is C22H19Cl2N3O3. The zero-order chi connectivity index (χ0) is 21.1. The molecule has 0 radical (unpaired) electrons. The predicted octanol–water partition coefficient (Wildman–Crippen LogP) is 5.67. The van der Waals surface area contributed by atoms with Gasteiger partial charge < -0.3 is 14.6 Å². The van der Waals surface area contributed by atoms with E-state index in [4.69, 9.17) is 27.6 Å². The van der Waals surface area contributed by atoms with Crippen molar-refractivity contribution in [3.63, 3.8) is 0 Å². The zero-order valence-corrected chi connectivity index (χ0v) is 17.5. The van der Waals surface area contributed by atoms with Crippen LogP contribution in [0.2, 0.25) is 10.0 Å². The Morgan fingerprint density at radius 1 is 1.03 bits per heavy atom. The van der Waals surface area contributed by atoms with Gasteiger partial charge in [-0.3, -0.25) is 9.69 Å². The predicted molar refractivity (Wildman–Crippen MR) is 117 cm³/mol. The molecule has 1 fully saturated rings. The van der Waals surface area contributed by atoms with E-state index in [1.807, 2.05) is 18.2 Å². The van der Waals surface area contributed by atoms with Gasteiger partial charge in [-0.25, -0.2) is 4.79 Å². The van der Waals surface area contributed by atoms with E-state index in [0.29, 0.717) is 35.4 Å². The summed E-state index contributed by atoms with van der Waals surface area (Å²) in [7, 11) is 0. The molecule has 0 unspecified atom stereocenters. The number of nitrogens with zero attached hydrogens (tertiary/aromatic N) is 2. The lowest BCUT2D eigenvalue weighted by Crippen LogP contribution is -2.49. The molecule has 6 nitrogen and oxygen atoms in total. The Hall–Kier alpha value is -2.96. The monoisotopic (exact) mass is 443 g/mol. The topological polar surface area (TPSA) is 65.8 Å². The van der Waals surface area contributed by atoms with Crippen LogP contribution >= 0.6 is 23.2 Å². The summed E-state index contributed by atoms with van der Waals surface area (Å²) < 4.78 is 5.09. The number of halogens is 2. The molecule has 154 valence electrons. The highest BCUT2D eigenvalue weighted by Gasteiger charge is 2.27. The van der Waals surface area contributed by atoms with Gasteiger partial charge in [0, 0.05) is 31.0 Å². The Morgan fingerprint density at radius 3 is 2.53 bits per heavy atom. The maximum atomic E-state index is 13.0. The Kier molecular flexibility index (Phi) is 5.97. The molecule has 1 aromatic heterocycles. The fourth-order valence-electron chi connectivity index (χ4n) is 3.35. The standard InChI is InChI=1S/C22H19Cl2N3O3/c23-18-9-4-15(13-19(18)24)14-26-10-2-11-27(22(26)29)17-7-5-16(6-8-17)25-21(28)20-3-1-12-30-20/h1,3-9,12-13H,2,10-11,14H2,(H,25,28). The van der Waals surface area contributed by atoms with Gasteiger partial charge in [-0.15, -0.1) is 0 Å². The largest absolute Gasteiger partial charge is 0.459 e. The summed E-state index contributed by atoms with van der Waals surface area (Å²) in [6.07, 6.45) is 2.30. The second-order valence-electron chi connectivity index (χ2n) is 6.94. The number of nitrogens with one attached hydrogen (secondary N) is 1. The molecule has 8 heteroatoms. The van der Waals surface area contributed by atoms with Crippen molar-refractivity contribution in [2.24, 2.45) is 0 Å². The van der Waals surface area contributed by atoms with Crippen LogP contribution in [0.5, 0.6) is 0 Å². The summed E-state index contributed by atoms with van der Waals surface area (Å²) in [5.41, 5.74) is 2.32.